The minimum Gasteiger partial charge on any atom is -0.466 e. The molecule has 23 heavy (non-hydrogen) atoms. The number of hydrogen-bond donors (Lipinski definition) is 4. The van der Waals surface area contributed by atoms with Gasteiger partial charge in [0.25, 0.3) is 0 Å². The predicted molar refractivity (Wildman–Crippen MR) is 76.6 cm³/mol. The van der Waals surface area contributed by atoms with Gasteiger partial charge in [-0.3, -0.25) is 15.3 Å². The summed E-state index contributed by atoms with van der Waals surface area (Å²) < 4.78 is 11.0. The molecule has 0 unspecified atom stereocenters. The minimum absolute atomic E-state index is 0.0961. The largest absolute Gasteiger partial charge is 0.466 e. The molecular formula is C13H17N3O7. The molecule has 2 heterocycles. The van der Waals surface area contributed by atoms with Crippen LogP contribution in [-0.2, 0) is 14.3 Å². The van der Waals surface area contributed by atoms with Gasteiger partial charge in [-0.25, -0.2) is 9.59 Å². The number of nitrogens with one attached hydrogen (secondary N) is 1. The summed E-state index contributed by atoms with van der Waals surface area (Å²) in [6.45, 7) is -0.384. The fourth-order valence-corrected chi connectivity index (χ4v) is 2.18. The molecule has 0 saturated carbocycles. The molecule has 0 amide bonds. The number of hydrogen-bond acceptors (Lipinski definition) is 9. The van der Waals surface area contributed by atoms with Gasteiger partial charge < -0.3 is 19.7 Å². The van der Waals surface area contributed by atoms with Gasteiger partial charge in [0.2, 0.25) is 0 Å². The lowest BCUT2D eigenvalue weighted by Gasteiger charge is -2.15. The van der Waals surface area contributed by atoms with Crippen LogP contribution in [0.4, 0.5) is 5.82 Å². The van der Waals surface area contributed by atoms with Crippen LogP contribution in [0.25, 0.3) is 6.08 Å². The number of methoxy groups -OCH3 is 1. The molecule has 0 spiro atoms. The molecule has 4 N–H and O–H groups in total. The van der Waals surface area contributed by atoms with Gasteiger partial charge in [0.15, 0.2) is 5.82 Å². The Labute approximate surface area is 130 Å². The van der Waals surface area contributed by atoms with Gasteiger partial charge in [-0.05, 0) is 6.08 Å². The number of carbonyl (C=O) groups excluding carboxylic acids is 1. The zero-order valence-electron chi connectivity index (χ0n) is 12.2. The number of aromatic nitrogens is 2. The molecule has 1 aliphatic heterocycles. The lowest BCUT2D eigenvalue weighted by Crippen LogP contribution is -2.28. The summed E-state index contributed by atoms with van der Waals surface area (Å²) in [6, 6.07) is 0. The van der Waals surface area contributed by atoms with Crippen molar-refractivity contribution in [1.29, 1.82) is 0 Å². The van der Waals surface area contributed by atoms with Crippen molar-refractivity contribution in [2.75, 3.05) is 19.2 Å². The maximum atomic E-state index is 12.0. The fourth-order valence-electron chi connectivity index (χ4n) is 2.18. The summed E-state index contributed by atoms with van der Waals surface area (Å²) in [4.78, 5) is 26.8. The molecular weight excluding hydrogens is 310 g/mol. The summed E-state index contributed by atoms with van der Waals surface area (Å²) in [7, 11) is 1.21. The van der Waals surface area contributed by atoms with E-state index in [0.29, 0.717) is 0 Å². The maximum Gasteiger partial charge on any atom is 0.351 e. The van der Waals surface area contributed by atoms with E-state index in [9.17, 15) is 14.7 Å². The Balaban J connectivity index is 2.36. The van der Waals surface area contributed by atoms with E-state index in [-0.39, 0.29) is 24.4 Å². The lowest BCUT2D eigenvalue weighted by molar-refractivity contribution is -0.134. The van der Waals surface area contributed by atoms with Gasteiger partial charge in [0.1, 0.15) is 12.3 Å². The van der Waals surface area contributed by atoms with E-state index in [1.54, 1.807) is 5.48 Å². The fraction of sp³-hybridized carbons (Fsp3) is 0.462. The third kappa shape index (κ3) is 3.74. The average molecular weight is 327 g/mol. The highest BCUT2D eigenvalue weighted by atomic mass is 16.5. The molecule has 1 aliphatic rings. The zero-order chi connectivity index (χ0) is 17.0. The standard InChI is InChI=1S/C13H17N3O7/c1-22-11(19)3-2-7-5-16(13(20)14-12(7)15-21)10-4-8(18)9(6-17)23-10/h2-3,5,8-10,17-18,21H,4,6H2,1H3,(H,14,15,20)/t8-,9+,10+/m0/s1. The first-order valence-electron chi connectivity index (χ1n) is 6.73. The van der Waals surface area contributed by atoms with Gasteiger partial charge in [-0.2, -0.15) is 4.98 Å². The second kappa shape index (κ2) is 7.33. The van der Waals surface area contributed by atoms with Crippen molar-refractivity contribution >= 4 is 17.9 Å². The molecule has 0 aliphatic carbocycles. The van der Waals surface area contributed by atoms with Crippen LogP contribution >= 0.6 is 0 Å². The van der Waals surface area contributed by atoms with Crippen molar-refractivity contribution in [2.45, 2.75) is 24.9 Å². The summed E-state index contributed by atoms with van der Waals surface area (Å²) in [5.74, 6) is -0.775. The van der Waals surface area contributed by atoms with E-state index in [0.717, 1.165) is 10.6 Å². The number of ether oxygens (including phenoxy) is 2. The van der Waals surface area contributed by atoms with E-state index in [1.165, 1.54) is 19.4 Å². The normalized spacial score (nSPS) is 24.1. The van der Waals surface area contributed by atoms with Gasteiger partial charge in [-0.15, -0.1) is 0 Å². The highest BCUT2D eigenvalue weighted by Gasteiger charge is 2.35. The number of esters is 1. The van der Waals surface area contributed by atoms with Crippen LogP contribution in [0.15, 0.2) is 17.1 Å². The van der Waals surface area contributed by atoms with Crippen LogP contribution < -0.4 is 11.2 Å². The summed E-state index contributed by atoms with van der Waals surface area (Å²) in [6.07, 6.45) is 1.26. The average Bonchev–Trinajstić information content (AvgIpc) is 2.93. The van der Waals surface area contributed by atoms with Crippen LogP contribution in [0, 0.1) is 0 Å². The molecule has 0 bridgehead atoms. The van der Waals surface area contributed by atoms with Gasteiger partial charge >= 0.3 is 11.7 Å². The minimum atomic E-state index is -0.915. The van der Waals surface area contributed by atoms with Gasteiger partial charge in [-0.1, -0.05) is 0 Å². The van der Waals surface area contributed by atoms with Crippen LogP contribution in [0.1, 0.15) is 18.2 Å². The van der Waals surface area contributed by atoms with Crippen LogP contribution in [0.3, 0.4) is 0 Å². The smallest absolute Gasteiger partial charge is 0.351 e. The number of rotatable bonds is 5. The number of anilines is 1. The molecule has 2 rings (SSSR count). The first kappa shape index (κ1) is 17.1. The first-order valence-corrected chi connectivity index (χ1v) is 6.73. The summed E-state index contributed by atoms with van der Waals surface area (Å²) >= 11 is 0. The van der Waals surface area contributed by atoms with E-state index in [4.69, 9.17) is 15.1 Å². The van der Waals surface area contributed by atoms with Crippen molar-refractivity contribution < 1.29 is 29.7 Å². The molecule has 1 fully saturated rings. The van der Waals surface area contributed by atoms with E-state index in [2.05, 4.69) is 9.72 Å². The Kier molecular flexibility index (Phi) is 5.45. The number of carbonyl (C=O) groups is 1. The molecule has 1 saturated heterocycles. The van der Waals surface area contributed by atoms with Crippen LogP contribution in [0.5, 0.6) is 0 Å². The van der Waals surface area contributed by atoms with Gasteiger partial charge in [0.05, 0.1) is 19.8 Å². The Bertz CT molecular complexity index is 657. The Hall–Kier alpha value is -2.27. The number of nitrogens with zero attached hydrogens (tertiary/aromatic N) is 2. The second-order valence-electron chi connectivity index (χ2n) is 4.82. The second-order valence-corrected chi connectivity index (χ2v) is 4.82. The third-order valence-electron chi connectivity index (χ3n) is 3.38. The quantitative estimate of drug-likeness (QED) is 0.300. The van der Waals surface area contributed by atoms with E-state index in [1.807, 2.05) is 0 Å². The highest BCUT2D eigenvalue weighted by molar-refractivity contribution is 5.87. The first-order chi connectivity index (χ1) is 11.0. The third-order valence-corrected chi connectivity index (χ3v) is 3.38. The number of aliphatic hydroxyl groups excluding tert-OH is 2. The maximum absolute atomic E-state index is 12.0. The van der Waals surface area contributed by atoms with Crippen molar-refractivity contribution in [3.05, 3.63) is 28.3 Å². The molecule has 3 atom stereocenters. The van der Waals surface area contributed by atoms with E-state index >= 15 is 0 Å². The molecule has 1 aromatic rings. The van der Waals surface area contributed by atoms with Crippen molar-refractivity contribution in [3.8, 4) is 0 Å². The Morgan fingerprint density at radius 2 is 2.39 bits per heavy atom. The molecule has 0 radical (unpaired) electrons. The van der Waals surface area contributed by atoms with Gasteiger partial charge in [0, 0.05) is 24.3 Å². The Morgan fingerprint density at radius 3 is 2.96 bits per heavy atom. The Morgan fingerprint density at radius 1 is 1.65 bits per heavy atom. The molecule has 0 aromatic carbocycles. The SMILES string of the molecule is COC(=O)C=Cc1cn([C@H]2C[C@H](O)[C@@H](CO)O2)c(=O)nc1NO. The van der Waals surface area contributed by atoms with Crippen LogP contribution in [-0.4, -0.2) is 56.9 Å². The molecule has 10 heteroatoms. The zero-order valence-corrected chi connectivity index (χ0v) is 12.2. The predicted octanol–water partition coefficient (Wildman–Crippen LogP) is -1.13. The lowest BCUT2D eigenvalue weighted by atomic mass is 10.2. The molecule has 126 valence electrons. The van der Waals surface area contributed by atoms with Crippen molar-refractivity contribution in [2.24, 2.45) is 0 Å². The topological polar surface area (TPSA) is 143 Å². The van der Waals surface area contributed by atoms with Crippen molar-refractivity contribution in [1.82, 2.24) is 9.55 Å². The number of aliphatic hydroxyl groups is 2. The van der Waals surface area contributed by atoms with Crippen LogP contribution in [0.2, 0.25) is 0 Å². The summed E-state index contributed by atoms with van der Waals surface area (Å²) in [5.41, 5.74) is 1.26. The summed E-state index contributed by atoms with van der Waals surface area (Å²) in [5, 5.41) is 27.9. The highest BCUT2D eigenvalue weighted by Crippen LogP contribution is 2.28. The monoisotopic (exact) mass is 327 g/mol. The van der Waals surface area contributed by atoms with E-state index < -0.39 is 30.1 Å². The van der Waals surface area contributed by atoms with Crippen molar-refractivity contribution in [3.63, 3.8) is 0 Å². The molecule has 1 aromatic heterocycles. The molecule has 10 nitrogen and oxygen atoms in total.